The third kappa shape index (κ3) is 3.45. The Bertz CT molecular complexity index is 752. The molecule has 0 saturated heterocycles. The van der Waals surface area contributed by atoms with Gasteiger partial charge in [-0.3, -0.25) is 4.98 Å². The highest BCUT2D eigenvalue weighted by Gasteiger charge is 2.39. The topological polar surface area (TPSA) is 31.4 Å². The molecule has 3 nitrogen and oxygen atoms in total. The molecule has 0 saturated carbocycles. The van der Waals surface area contributed by atoms with Crippen molar-refractivity contribution in [1.29, 1.82) is 0 Å². The fourth-order valence-corrected chi connectivity index (χ4v) is 4.06. The summed E-state index contributed by atoms with van der Waals surface area (Å²) in [6, 6.07) is 4.12. The van der Waals surface area contributed by atoms with Gasteiger partial charge in [0.25, 0.3) is 0 Å². The zero-order valence-electron chi connectivity index (χ0n) is 14.9. The van der Waals surface area contributed by atoms with Gasteiger partial charge in [-0.15, -0.1) is 0 Å². The number of pyridine rings is 1. The van der Waals surface area contributed by atoms with Crippen molar-refractivity contribution >= 4 is 23.2 Å². The van der Waals surface area contributed by atoms with Crippen molar-refractivity contribution in [2.45, 2.75) is 51.6 Å². The van der Waals surface area contributed by atoms with Crippen molar-refractivity contribution in [2.75, 3.05) is 7.11 Å². The van der Waals surface area contributed by atoms with Crippen molar-refractivity contribution in [3.63, 3.8) is 0 Å². The Balaban J connectivity index is 1.91. The van der Waals surface area contributed by atoms with E-state index in [2.05, 4.69) is 24.9 Å². The predicted octanol–water partition coefficient (Wildman–Crippen LogP) is 5.68. The van der Waals surface area contributed by atoms with Crippen LogP contribution in [-0.4, -0.2) is 17.7 Å². The van der Waals surface area contributed by atoms with Crippen LogP contribution in [0.25, 0.3) is 0 Å². The Labute approximate surface area is 159 Å². The van der Waals surface area contributed by atoms with Gasteiger partial charge in [0, 0.05) is 24.4 Å². The zero-order chi connectivity index (χ0) is 18.0. The third-order valence-electron chi connectivity index (χ3n) is 5.24. The molecule has 25 heavy (non-hydrogen) atoms. The van der Waals surface area contributed by atoms with Crippen LogP contribution in [0.5, 0.6) is 11.5 Å². The van der Waals surface area contributed by atoms with E-state index in [1.54, 1.807) is 19.5 Å². The summed E-state index contributed by atoms with van der Waals surface area (Å²) >= 11 is 12.5. The molecular formula is C20H23Cl2NO2. The average Bonchev–Trinajstić information content (AvgIpc) is 3.02. The number of benzene rings is 1. The van der Waals surface area contributed by atoms with Gasteiger partial charge in [0.15, 0.2) is 11.5 Å². The number of aromatic nitrogens is 1. The van der Waals surface area contributed by atoms with Crippen LogP contribution in [0, 0.1) is 0 Å². The van der Waals surface area contributed by atoms with Gasteiger partial charge in [-0.05, 0) is 42.9 Å². The number of aryl methyl sites for hydroxylation is 1. The Hall–Kier alpha value is -1.45. The fraction of sp³-hybridized carbons (Fsp3) is 0.450. The number of ether oxygens (including phenoxy) is 2. The smallest absolute Gasteiger partial charge is 0.165 e. The van der Waals surface area contributed by atoms with Crippen LogP contribution >= 0.6 is 23.2 Å². The summed E-state index contributed by atoms with van der Waals surface area (Å²) in [7, 11) is 1.69. The molecule has 0 atom stereocenters. The van der Waals surface area contributed by atoms with Crippen molar-refractivity contribution < 1.29 is 9.47 Å². The lowest BCUT2D eigenvalue weighted by Crippen LogP contribution is -2.32. The van der Waals surface area contributed by atoms with E-state index < -0.39 is 0 Å². The van der Waals surface area contributed by atoms with E-state index in [9.17, 15) is 0 Å². The van der Waals surface area contributed by atoms with Crippen LogP contribution < -0.4 is 9.47 Å². The summed E-state index contributed by atoms with van der Waals surface area (Å²) in [5.41, 5.74) is 3.34. The maximum Gasteiger partial charge on any atom is 0.165 e. The molecule has 0 fully saturated rings. The van der Waals surface area contributed by atoms with Crippen molar-refractivity contribution in [3.8, 4) is 11.5 Å². The number of methoxy groups -OCH3 is 1. The first-order chi connectivity index (χ1) is 12.0. The largest absolute Gasteiger partial charge is 0.493 e. The van der Waals surface area contributed by atoms with E-state index in [1.165, 1.54) is 11.1 Å². The standard InChI is InChI=1S/C20H23Cl2NO2/c1-4-20(5-2)10-15-13(7-9-18(24-3)19(15)25-20)6-8-14-16(21)11-23-12-17(14)22/h7,9,11-12H,4-6,8,10H2,1-3H3. The highest BCUT2D eigenvalue weighted by Crippen LogP contribution is 2.46. The first kappa shape index (κ1) is 18.3. The van der Waals surface area contributed by atoms with Gasteiger partial charge >= 0.3 is 0 Å². The second-order valence-electron chi connectivity index (χ2n) is 6.49. The lowest BCUT2D eigenvalue weighted by atomic mass is 9.88. The minimum absolute atomic E-state index is 0.127. The predicted molar refractivity (Wildman–Crippen MR) is 102 cm³/mol. The molecular weight excluding hydrogens is 357 g/mol. The number of nitrogens with zero attached hydrogens (tertiary/aromatic N) is 1. The van der Waals surface area contributed by atoms with Crippen molar-refractivity contribution in [1.82, 2.24) is 4.98 Å². The zero-order valence-corrected chi connectivity index (χ0v) is 16.4. The monoisotopic (exact) mass is 379 g/mol. The summed E-state index contributed by atoms with van der Waals surface area (Å²) in [6.45, 7) is 4.36. The third-order valence-corrected chi connectivity index (χ3v) is 5.90. The molecule has 0 spiro atoms. The average molecular weight is 380 g/mol. The first-order valence-electron chi connectivity index (χ1n) is 8.69. The fourth-order valence-electron chi connectivity index (χ4n) is 3.50. The number of fused-ring (bicyclic) bond motifs is 1. The molecule has 1 aliphatic rings. The molecule has 1 aliphatic heterocycles. The van der Waals surface area contributed by atoms with Gasteiger partial charge in [-0.25, -0.2) is 0 Å². The van der Waals surface area contributed by atoms with E-state index in [1.807, 2.05) is 6.07 Å². The van der Waals surface area contributed by atoms with Gasteiger partial charge in [-0.2, -0.15) is 0 Å². The van der Waals surface area contributed by atoms with E-state index in [4.69, 9.17) is 32.7 Å². The highest BCUT2D eigenvalue weighted by atomic mass is 35.5. The van der Waals surface area contributed by atoms with Gasteiger partial charge in [0.05, 0.1) is 17.2 Å². The summed E-state index contributed by atoms with van der Waals surface area (Å²) in [4.78, 5) is 4.02. The molecule has 3 rings (SSSR count). The summed E-state index contributed by atoms with van der Waals surface area (Å²) in [5, 5.41) is 1.23. The molecule has 0 amide bonds. The summed E-state index contributed by atoms with van der Waals surface area (Å²) in [5.74, 6) is 1.71. The molecule has 0 unspecified atom stereocenters. The summed E-state index contributed by atoms with van der Waals surface area (Å²) < 4.78 is 11.9. The Kier molecular flexibility index (Phi) is 5.45. The molecule has 0 radical (unpaired) electrons. The van der Waals surface area contributed by atoms with Crippen LogP contribution in [0.4, 0.5) is 0 Å². The second kappa shape index (κ2) is 7.43. The highest BCUT2D eigenvalue weighted by molar-refractivity contribution is 6.35. The molecule has 5 heteroatoms. The van der Waals surface area contributed by atoms with E-state index in [0.717, 1.165) is 49.2 Å². The second-order valence-corrected chi connectivity index (χ2v) is 7.30. The molecule has 2 heterocycles. The van der Waals surface area contributed by atoms with Gasteiger partial charge in [0.1, 0.15) is 5.60 Å². The lowest BCUT2D eigenvalue weighted by molar-refractivity contribution is 0.0828. The van der Waals surface area contributed by atoms with Crippen LogP contribution in [-0.2, 0) is 19.3 Å². The molecule has 0 aliphatic carbocycles. The molecule has 2 aromatic rings. The number of rotatable bonds is 6. The molecule has 1 aromatic heterocycles. The summed E-state index contributed by atoms with van der Waals surface area (Å²) in [6.07, 6.45) is 7.77. The van der Waals surface area contributed by atoms with E-state index in [0.29, 0.717) is 10.0 Å². The Morgan fingerprint density at radius 2 is 1.80 bits per heavy atom. The minimum atomic E-state index is -0.127. The molecule has 134 valence electrons. The Morgan fingerprint density at radius 3 is 2.40 bits per heavy atom. The van der Waals surface area contributed by atoms with Gasteiger partial charge < -0.3 is 9.47 Å². The molecule has 0 N–H and O–H groups in total. The molecule has 1 aromatic carbocycles. The number of hydrogen-bond acceptors (Lipinski definition) is 3. The molecule has 0 bridgehead atoms. The van der Waals surface area contributed by atoms with Gasteiger partial charge in [-0.1, -0.05) is 43.1 Å². The maximum atomic E-state index is 6.37. The van der Waals surface area contributed by atoms with Crippen LogP contribution in [0.2, 0.25) is 10.0 Å². The van der Waals surface area contributed by atoms with Gasteiger partial charge in [0.2, 0.25) is 0 Å². The number of hydrogen-bond donors (Lipinski definition) is 0. The van der Waals surface area contributed by atoms with E-state index >= 15 is 0 Å². The van der Waals surface area contributed by atoms with Crippen LogP contribution in [0.3, 0.4) is 0 Å². The van der Waals surface area contributed by atoms with Crippen molar-refractivity contribution in [3.05, 3.63) is 51.3 Å². The SMILES string of the molecule is CCC1(CC)Cc2c(CCc3c(Cl)cncc3Cl)ccc(OC)c2O1. The maximum absolute atomic E-state index is 6.37. The quantitative estimate of drug-likeness (QED) is 0.647. The first-order valence-corrected chi connectivity index (χ1v) is 9.44. The lowest BCUT2D eigenvalue weighted by Gasteiger charge is -2.25. The normalized spacial score (nSPS) is 14.9. The minimum Gasteiger partial charge on any atom is -0.493 e. The van der Waals surface area contributed by atoms with Crippen molar-refractivity contribution in [2.24, 2.45) is 0 Å². The number of halogens is 2. The Morgan fingerprint density at radius 1 is 1.12 bits per heavy atom. The van der Waals surface area contributed by atoms with Crippen LogP contribution in [0.15, 0.2) is 24.5 Å². The van der Waals surface area contributed by atoms with E-state index in [-0.39, 0.29) is 5.60 Å². The van der Waals surface area contributed by atoms with Crippen LogP contribution in [0.1, 0.15) is 43.4 Å².